The molecular formula is C28H32N2O2. The maximum Gasteiger partial charge on any atom is 0.253 e. The van der Waals surface area contributed by atoms with Crippen LogP contribution in [-0.2, 0) is 5.41 Å². The number of aromatic hydroxyl groups is 1. The number of carbonyl (C=O) groups is 1. The van der Waals surface area contributed by atoms with E-state index < -0.39 is 0 Å². The maximum atomic E-state index is 13.5. The first-order valence-corrected chi connectivity index (χ1v) is 11.7. The predicted molar refractivity (Wildman–Crippen MR) is 129 cm³/mol. The summed E-state index contributed by atoms with van der Waals surface area (Å²) >= 11 is 0. The molecule has 166 valence electrons. The van der Waals surface area contributed by atoms with Crippen molar-refractivity contribution in [1.82, 2.24) is 9.80 Å². The second kappa shape index (κ2) is 8.25. The highest BCUT2D eigenvalue weighted by molar-refractivity contribution is 5.98. The lowest BCUT2D eigenvalue weighted by atomic mass is 9.58. The van der Waals surface area contributed by atoms with Crippen molar-refractivity contribution in [3.63, 3.8) is 0 Å². The number of phenolic OH excluding ortho intramolecular Hbond substituents is 1. The Labute approximate surface area is 190 Å². The molecule has 1 N–H and O–H groups in total. The van der Waals surface area contributed by atoms with Crippen LogP contribution in [0.1, 0.15) is 41.6 Å². The molecule has 1 aliphatic heterocycles. The van der Waals surface area contributed by atoms with Crippen molar-refractivity contribution >= 4 is 16.7 Å². The van der Waals surface area contributed by atoms with Crippen LogP contribution in [0.5, 0.6) is 5.75 Å². The minimum Gasteiger partial charge on any atom is -0.508 e. The number of piperidine rings is 1. The summed E-state index contributed by atoms with van der Waals surface area (Å²) in [7, 11) is 4.17. The van der Waals surface area contributed by atoms with Gasteiger partial charge in [0.1, 0.15) is 5.75 Å². The van der Waals surface area contributed by atoms with Gasteiger partial charge in [-0.15, -0.1) is 0 Å². The van der Waals surface area contributed by atoms with Gasteiger partial charge in [0.2, 0.25) is 0 Å². The quantitative estimate of drug-likeness (QED) is 0.634. The van der Waals surface area contributed by atoms with E-state index in [9.17, 15) is 9.90 Å². The van der Waals surface area contributed by atoms with Crippen LogP contribution < -0.4 is 0 Å². The lowest BCUT2D eigenvalue weighted by molar-refractivity contribution is 0.0259. The zero-order valence-electron chi connectivity index (χ0n) is 19.0. The number of nitrogens with zero attached hydrogens (tertiary/aromatic N) is 2. The van der Waals surface area contributed by atoms with Crippen LogP contribution in [0.25, 0.3) is 10.8 Å². The number of fused-ring (bicyclic) bond motifs is 2. The van der Waals surface area contributed by atoms with Gasteiger partial charge in [-0.25, -0.2) is 0 Å². The molecular weight excluding hydrogens is 396 g/mol. The minimum absolute atomic E-state index is 0.00604. The summed E-state index contributed by atoms with van der Waals surface area (Å²) in [5.74, 6) is 0.971. The van der Waals surface area contributed by atoms with Crippen LogP contribution in [0.3, 0.4) is 0 Å². The molecule has 0 spiro atoms. The molecule has 0 aromatic heterocycles. The highest BCUT2D eigenvalue weighted by Gasteiger charge is 2.48. The van der Waals surface area contributed by atoms with Gasteiger partial charge in [0, 0.05) is 30.6 Å². The zero-order valence-corrected chi connectivity index (χ0v) is 19.0. The smallest absolute Gasteiger partial charge is 0.253 e. The van der Waals surface area contributed by atoms with Crippen molar-refractivity contribution in [2.45, 2.75) is 37.1 Å². The van der Waals surface area contributed by atoms with E-state index in [0.717, 1.165) is 55.1 Å². The van der Waals surface area contributed by atoms with Gasteiger partial charge in [-0.1, -0.05) is 42.5 Å². The lowest BCUT2D eigenvalue weighted by Gasteiger charge is -2.53. The number of hydrogen-bond donors (Lipinski definition) is 1. The van der Waals surface area contributed by atoms with E-state index in [1.165, 1.54) is 5.56 Å². The second-order valence-electron chi connectivity index (χ2n) is 9.83. The topological polar surface area (TPSA) is 43.8 Å². The molecule has 0 unspecified atom stereocenters. The number of phenols is 1. The van der Waals surface area contributed by atoms with E-state index in [-0.39, 0.29) is 17.4 Å². The van der Waals surface area contributed by atoms with Crippen LogP contribution in [-0.4, -0.2) is 54.0 Å². The fourth-order valence-electron chi connectivity index (χ4n) is 6.13. The van der Waals surface area contributed by atoms with Gasteiger partial charge < -0.3 is 14.9 Å². The average Bonchev–Trinajstić information content (AvgIpc) is 2.82. The first kappa shape index (κ1) is 21.0. The Morgan fingerprint density at radius 1 is 1.03 bits per heavy atom. The third kappa shape index (κ3) is 3.67. The molecule has 1 saturated heterocycles. The number of benzene rings is 3. The number of hydrogen-bond acceptors (Lipinski definition) is 3. The summed E-state index contributed by atoms with van der Waals surface area (Å²) in [5, 5.41) is 12.5. The Bertz CT molecular complexity index is 1140. The molecule has 0 bridgehead atoms. The van der Waals surface area contributed by atoms with E-state index >= 15 is 0 Å². The van der Waals surface area contributed by atoms with Crippen molar-refractivity contribution in [3.8, 4) is 5.75 Å². The minimum atomic E-state index is 0.00604. The van der Waals surface area contributed by atoms with Gasteiger partial charge >= 0.3 is 0 Å². The van der Waals surface area contributed by atoms with Crippen molar-refractivity contribution in [2.75, 3.05) is 27.2 Å². The molecule has 1 saturated carbocycles. The molecule has 2 aliphatic rings. The fourth-order valence-corrected chi connectivity index (χ4v) is 6.13. The Morgan fingerprint density at radius 3 is 2.66 bits per heavy atom. The van der Waals surface area contributed by atoms with E-state index in [2.05, 4.69) is 30.1 Å². The third-order valence-electron chi connectivity index (χ3n) is 7.99. The molecule has 1 heterocycles. The third-order valence-corrected chi connectivity index (χ3v) is 7.99. The molecule has 3 atom stereocenters. The van der Waals surface area contributed by atoms with Crippen molar-refractivity contribution in [1.29, 1.82) is 0 Å². The lowest BCUT2D eigenvalue weighted by Crippen LogP contribution is -2.55. The van der Waals surface area contributed by atoms with Gasteiger partial charge in [-0.05, 0) is 85.8 Å². The molecule has 4 heteroatoms. The van der Waals surface area contributed by atoms with Crippen molar-refractivity contribution in [3.05, 3.63) is 77.9 Å². The molecule has 5 rings (SSSR count). The van der Waals surface area contributed by atoms with E-state index in [1.807, 2.05) is 54.4 Å². The van der Waals surface area contributed by atoms with Crippen molar-refractivity contribution in [2.24, 2.45) is 5.92 Å². The summed E-state index contributed by atoms with van der Waals surface area (Å²) in [4.78, 5) is 17.9. The van der Waals surface area contributed by atoms with Gasteiger partial charge in [-0.2, -0.15) is 0 Å². The zero-order chi connectivity index (χ0) is 22.3. The highest BCUT2D eigenvalue weighted by Crippen LogP contribution is 2.50. The summed E-state index contributed by atoms with van der Waals surface area (Å²) < 4.78 is 0. The van der Waals surface area contributed by atoms with Gasteiger partial charge in [0.15, 0.2) is 0 Å². The number of carbonyl (C=O) groups excluding carboxylic acids is 1. The van der Waals surface area contributed by atoms with Crippen LogP contribution in [0.2, 0.25) is 0 Å². The summed E-state index contributed by atoms with van der Waals surface area (Å²) in [6.45, 7) is 2.12. The first-order valence-electron chi connectivity index (χ1n) is 11.7. The Balaban J connectivity index is 1.44. The molecule has 3 aromatic rings. The Kier molecular flexibility index (Phi) is 5.42. The normalized spacial score (nSPS) is 25.9. The first-order chi connectivity index (χ1) is 15.5. The van der Waals surface area contributed by atoms with Gasteiger partial charge in [-0.3, -0.25) is 4.79 Å². The SMILES string of the molecule is CN1CC[C@@]2(c3cccc(O)c3)C[C@@H](N(C)C(=O)c3ccc4ccccc4c3)CC[C@@H]2C1. The van der Waals surface area contributed by atoms with E-state index in [0.29, 0.717) is 11.7 Å². The van der Waals surface area contributed by atoms with Crippen LogP contribution in [0.15, 0.2) is 66.7 Å². The number of amides is 1. The fraction of sp³-hybridized carbons (Fsp3) is 0.393. The molecule has 32 heavy (non-hydrogen) atoms. The average molecular weight is 429 g/mol. The van der Waals surface area contributed by atoms with Gasteiger partial charge in [0.25, 0.3) is 5.91 Å². The molecule has 4 nitrogen and oxygen atoms in total. The summed E-state index contributed by atoms with van der Waals surface area (Å²) in [5.41, 5.74) is 1.99. The Hall–Kier alpha value is -2.85. The molecule has 0 radical (unpaired) electrons. The molecule has 1 amide bonds. The van der Waals surface area contributed by atoms with Crippen LogP contribution in [0, 0.1) is 5.92 Å². The largest absolute Gasteiger partial charge is 0.508 e. The number of likely N-dealkylation sites (tertiary alicyclic amines) is 1. The maximum absolute atomic E-state index is 13.5. The molecule has 2 fully saturated rings. The number of rotatable bonds is 3. The second-order valence-corrected chi connectivity index (χ2v) is 9.83. The van der Waals surface area contributed by atoms with Crippen LogP contribution in [0.4, 0.5) is 0 Å². The predicted octanol–water partition coefficient (Wildman–Crippen LogP) is 5.06. The summed E-state index contributed by atoms with van der Waals surface area (Å²) in [6.07, 6.45) is 4.13. The van der Waals surface area contributed by atoms with E-state index in [1.54, 1.807) is 6.07 Å². The van der Waals surface area contributed by atoms with Crippen LogP contribution >= 0.6 is 0 Å². The monoisotopic (exact) mass is 428 g/mol. The van der Waals surface area contributed by atoms with Gasteiger partial charge in [0.05, 0.1) is 0 Å². The van der Waals surface area contributed by atoms with Crippen molar-refractivity contribution < 1.29 is 9.90 Å². The summed E-state index contributed by atoms with van der Waals surface area (Å²) in [6, 6.07) is 22.2. The Morgan fingerprint density at radius 2 is 1.84 bits per heavy atom. The highest BCUT2D eigenvalue weighted by atomic mass is 16.3. The van der Waals surface area contributed by atoms with E-state index in [4.69, 9.17) is 0 Å². The molecule has 3 aromatic carbocycles. The molecule has 1 aliphatic carbocycles. The standard InChI is InChI=1S/C28H32N2O2/c1-29-15-14-28(23-8-5-9-26(31)17-23)18-25(13-12-24(28)19-29)30(2)27(32)22-11-10-20-6-3-4-7-21(20)16-22/h3-11,16-17,24-25,31H,12-15,18-19H2,1-2H3/t24-,25+,28+/m1/s1.